The number of ether oxygens (including phenoxy) is 2. The summed E-state index contributed by atoms with van der Waals surface area (Å²) in [6, 6.07) is 7.44. The quantitative estimate of drug-likeness (QED) is 0.440. The van der Waals surface area contributed by atoms with Crippen LogP contribution in [0.5, 0.6) is 0 Å². The molecule has 0 aliphatic carbocycles. The second-order valence-electron chi connectivity index (χ2n) is 9.97. The van der Waals surface area contributed by atoms with E-state index in [-0.39, 0.29) is 11.5 Å². The first-order chi connectivity index (χ1) is 17.5. The van der Waals surface area contributed by atoms with E-state index < -0.39 is 12.0 Å². The van der Waals surface area contributed by atoms with Gasteiger partial charge in [-0.15, -0.1) is 0 Å². The number of H-pyrrole nitrogens is 1. The number of carbonyl (C=O) groups is 1. The van der Waals surface area contributed by atoms with Crippen molar-refractivity contribution >= 4 is 17.0 Å². The van der Waals surface area contributed by atoms with Crippen LogP contribution in [0.15, 0.2) is 35.3 Å². The maximum atomic E-state index is 12.0. The molecule has 36 heavy (non-hydrogen) atoms. The summed E-state index contributed by atoms with van der Waals surface area (Å²) in [6.07, 6.45) is 5.25. The van der Waals surface area contributed by atoms with Gasteiger partial charge in [0.25, 0.3) is 5.56 Å². The first kappa shape index (κ1) is 24.7. The molecule has 3 N–H and O–H groups in total. The van der Waals surface area contributed by atoms with E-state index in [9.17, 15) is 14.7 Å². The van der Waals surface area contributed by atoms with Gasteiger partial charge in [0.05, 0.1) is 11.0 Å². The highest BCUT2D eigenvalue weighted by Crippen LogP contribution is 2.29. The van der Waals surface area contributed by atoms with E-state index in [1.807, 2.05) is 18.2 Å². The fourth-order valence-electron chi connectivity index (χ4n) is 5.34. The molecule has 2 saturated heterocycles. The number of benzene rings is 1. The van der Waals surface area contributed by atoms with Crippen LogP contribution in [0.25, 0.3) is 22.4 Å². The molecule has 1 aromatic carbocycles. The molecule has 1 atom stereocenters. The van der Waals surface area contributed by atoms with E-state index in [2.05, 4.69) is 20.9 Å². The van der Waals surface area contributed by atoms with Crippen LogP contribution < -0.4 is 10.9 Å². The number of hydrogen-bond acceptors (Lipinski definition) is 6. The SMILES string of the molecule is Cc1cc(-c2nc3cc(CN[C@H](C(=O)O)C4CCOCC4)ccc3n2CC2CCOCC2)c[nH]c1=O. The molecular formula is C27H34N4O5. The summed E-state index contributed by atoms with van der Waals surface area (Å²) < 4.78 is 13.2. The lowest BCUT2D eigenvalue weighted by molar-refractivity contribution is -0.142. The minimum Gasteiger partial charge on any atom is -0.480 e. The van der Waals surface area contributed by atoms with Crippen LogP contribution in [-0.4, -0.2) is 58.1 Å². The highest BCUT2D eigenvalue weighted by molar-refractivity contribution is 5.81. The van der Waals surface area contributed by atoms with Gasteiger partial charge in [-0.2, -0.15) is 0 Å². The zero-order chi connectivity index (χ0) is 25.1. The standard InChI is InChI=1S/C27H34N4O5/c1-17-12-21(15-29-26(17)32)25-30-22-13-19(14-28-24(27(33)34)20-6-10-36-11-7-20)2-3-23(22)31(25)16-18-4-8-35-9-5-18/h2-3,12-13,15,18,20,24,28H,4-11,14,16H2,1H3,(H,29,32)(H,33,34)/t24-/m0/s1. The van der Waals surface area contributed by atoms with E-state index >= 15 is 0 Å². The zero-order valence-electron chi connectivity index (χ0n) is 20.7. The van der Waals surface area contributed by atoms with Gasteiger partial charge >= 0.3 is 5.97 Å². The molecule has 0 bridgehead atoms. The van der Waals surface area contributed by atoms with Gasteiger partial charge in [-0.25, -0.2) is 4.98 Å². The van der Waals surface area contributed by atoms with Crippen LogP contribution in [0.1, 0.15) is 36.8 Å². The Morgan fingerprint density at radius 1 is 1.17 bits per heavy atom. The second-order valence-corrected chi connectivity index (χ2v) is 9.97. The fourth-order valence-corrected chi connectivity index (χ4v) is 5.34. The number of aryl methyl sites for hydroxylation is 1. The van der Waals surface area contributed by atoms with Crippen LogP contribution in [0.4, 0.5) is 0 Å². The number of fused-ring (bicyclic) bond motifs is 1. The van der Waals surface area contributed by atoms with E-state index in [0.29, 0.717) is 31.2 Å². The van der Waals surface area contributed by atoms with E-state index in [1.54, 1.807) is 13.1 Å². The largest absolute Gasteiger partial charge is 0.480 e. The van der Waals surface area contributed by atoms with Gasteiger partial charge in [-0.3, -0.25) is 9.59 Å². The van der Waals surface area contributed by atoms with Gasteiger partial charge in [-0.05, 0) is 68.2 Å². The molecule has 2 aliphatic rings. The molecule has 0 spiro atoms. The molecule has 2 fully saturated rings. The molecule has 4 heterocycles. The van der Waals surface area contributed by atoms with Crippen molar-refractivity contribution in [3.8, 4) is 11.4 Å². The van der Waals surface area contributed by atoms with Crippen molar-refractivity contribution in [1.82, 2.24) is 19.9 Å². The Kier molecular flexibility index (Phi) is 7.50. The summed E-state index contributed by atoms with van der Waals surface area (Å²) in [5.74, 6) is 0.565. The predicted octanol–water partition coefficient (Wildman–Crippen LogP) is 3.10. The zero-order valence-corrected chi connectivity index (χ0v) is 20.7. The maximum absolute atomic E-state index is 12.0. The summed E-state index contributed by atoms with van der Waals surface area (Å²) in [6.45, 7) is 5.85. The number of aliphatic carboxylic acids is 1. The molecule has 0 radical (unpaired) electrons. The van der Waals surface area contributed by atoms with Gasteiger partial charge in [-0.1, -0.05) is 6.07 Å². The predicted molar refractivity (Wildman–Crippen MR) is 136 cm³/mol. The van der Waals surface area contributed by atoms with Gasteiger partial charge in [0, 0.05) is 56.8 Å². The molecule has 9 heteroatoms. The molecule has 5 rings (SSSR count). The van der Waals surface area contributed by atoms with Gasteiger partial charge in [0.1, 0.15) is 11.9 Å². The van der Waals surface area contributed by atoms with E-state index in [0.717, 1.165) is 73.4 Å². The van der Waals surface area contributed by atoms with Gasteiger partial charge in [0.2, 0.25) is 0 Å². The van der Waals surface area contributed by atoms with Crippen LogP contribution in [-0.2, 0) is 27.4 Å². The summed E-state index contributed by atoms with van der Waals surface area (Å²) in [5.41, 5.74) is 4.30. The summed E-state index contributed by atoms with van der Waals surface area (Å²) >= 11 is 0. The average Bonchev–Trinajstić information content (AvgIpc) is 3.24. The lowest BCUT2D eigenvalue weighted by atomic mass is 9.91. The molecule has 0 saturated carbocycles. The summed E-state index contributed by atoms with van der Waals surface area (Å²) in [7, 11) is 0. The van der Waals surface area contributed by atoms with Crippen LogP contribution in [0.2, 0.25) is 0 Å². The van der Waals surface area contributed by atoms with Crippen molar-refractivity contribution in [2.45, 2.75) is 51.7 Å². The Morgan fingerprint density at radius 3 is 2.58 bits per heavy atom. The number of pyridine rings is 1. The van der Waals surface area contributed by atoms with E-state index in [1.165, 1.54) is 0 Å². The number of nitrogens with one attached hydrogen (secondary N) is 2. The molecule has 3 aromatic rings. The Bertz CT molecular complexity index is 1270. The number of hydrogen-bond donors (Lipinski definition) is 3. The van der Waals surface area contributed by atoms with Crippen molar-refractivity contribution in [1.29, 1.82) is 0 Å². The monoisotopic (exact) mass is 494 g/mol. The highest BCUT2D eigenvalue weighted by Gasteiger charge is 2.29. The summed E-state index contributed by atoms with van der Waals surface area (Å²) in [4.78, 5) is 31.7. The smallest absolute Gasteiger partial charge is 0.320 e. The number of carboxylic acid groups (broad SMARTS) is 1. The normalized spacial score (nSPS) is 18.5. The number of imidazole rings is 1. The number of rotatable bonds is 8. The van der Waals surface area contributed by atoms with Crippen LogP contribution in [0, 0.1) is 18.8 Å². The number of aromatic nitrogens is 3. The van der Waals surface area contributed by atoms with E-state index in [4.69, 9.17) is 14.5 Å². The fraction of sp³-hybridized carbons (Fsp3) is 0.519. The maximum Gasteiger partial charge on any atom is 0.320 e. The minimum absolute atomic E-state index is 0.0636. The molecule has 0 unspecified atom stereocenters. The Labute approximate surface area is 209 Å². The molecule has 2 aliphatic heterocycles. The van der Waals surface area contributed by atoms with Crippen molar-refractivity contribution in [3.05, 3.63) is 51.9 Å². The molecule has 9 nitrogen and oxygen atoms in total. The lowest BCUT2D eigenvalue weighted by Crippen LogP contribution is -2.44. The van der Waals surface area contributed by atoms with Gasteiger partial charge < -0.3 is 29.4 Å². The third-order valence-electron chi connectivity index (χ3n) is 7.47. The number of carboxylic acids is 1. The molecule has 192 valence electrons. The second kappa shape index (κ2) is 10.9. The topological polar surface area (TPSA) is 118 Å². The Balaban J connectivity index is 1.44. The molecule has 2 aromatic heterocycles. The first-order valence-electron chi connectivity index (χ1n) is 12.8. The molecule has 0 amide bonds. The average molecular weight is 495 g/mol. The number of nitrogens with zero attached hydrogens (tertiary/aromatic N) is 2. The van der Waals surface area contributed by atoms with Crippen LogP contribution >= 0.6 is 0 Å². The number of aromatic amines is 1. The Morgan fingerprint density at radius 2 is 1.89 bits per heavy atom. The minimum atomic E-state index is -0.820. The third kappa shape index (κ3) is 5.38. The Hall–Kier alpha value is -3.01. The van der Waals surface area contributed by atoms with Gasteiger partial charge in [0.15, 0.2) is 0 Å². The molecular weight excluding hydrogens is 460 g/mol. The van der Waals surface area contributed by atoms with Crippen molar-refractivity contribution in [2.75, 3.05) is 26.4 Å². The first-order valence-corrected chi connectivity index (χ1v) is 12.8. The van der Waals surface area contributed by atoms with Crippen LogP contribution in [0.3, 0.4) is 0 Å². The third-order valence-corrected chi connectivity index (χ3v) is 7.47. The summed E-state index contributed by atoms with van der Waals surface area (Å²) in [5, 5.41) is 13.0. The van der Waals surface area contributed by atoms with Crippen molar-refractivity contribution in [2.24, 2.45) is 11.8 Å². The van der Waals surface area contributed by atoms with Crippen molar-refractivity contribution in [3.63, 3.8) is 0 Å². The van der Waals surface area contributed by atoms with Crippen molar-refractivity contribution < 1.29 is 19.4 Å². The highest BCUT2D eigenvalue weighted by atomic mass is 16.5. The lowest BCUT2D eigenvalue weighted by Gasteiger charge is -2.28.